The monoisotopic (exact) mass is 389 g/mol. The molecule has 0 saturated heterocycles. The summed E-state index contributed by atoms with van der Waals surface area (Å²) in [6.45, 7) is 7.04. The average molecular weight is 391 g/mol. The molecule has 0 fully saturated rings. The molecule has 0 aliphatic carbocycles. The highest BCUT2D eigenvalue weighted by Gasteiger charge is 2.22. The molecule has 106 valence electrons. The van der Waals surface area contributed by atoms with Crippen molar-refractivity contribution < 1.29 is 4.79 Å². The number of nitrogens with zero attached hydrogens (tertiary/aromatic N) is 1. The molecule has 0 aliphatic heterocycles. The van der Waals surface area contributed by atoms with Gasteiger partial charge in [0.15, 0.2) is 0 Å². The molecule has 0 N–H and O–H groups in total. The quantitative estimate of drug-likeness (QED) is 0.639. The van der Waals surface area contributed by atoms with E-state index in [1.165, 1.54) is 0 Å². The maximum absolute atomic E-state index is 12.6. The predicted octanol–water partition coefficient (Wildman–Crippen LogP) is 4.78. The molecule has 4 heteroatoms. The molecule has 0 heterocycles. The molecule has 0 saturated carbocycles. The number of rotatable bonds is 6. The SMILES string of the molecule is CCC(CC)N(CCBr)C(=O)c1ccc(C)c(Br)c1. The smallest absolute Gasteiger partial charge is 0.254 e. The van der Waals surface area contributed by atoms with Crippen LogP contribution in [0.2, 0.25) is 0 Å². The highest BCUT2D eigenvalue weighted by molar-refractivity contribution is 9.10. The van der Waals surface area contributed by atoms with Gasteiger partial charge in [-0.3, -0.25) is 4.79 Å². The molecule has 2 nitrogen and oxygen atoms in total. The maximum atomic E-state index is 12.6. The number of carbonyl (C=O) groups is 1. The Kier molecular flexibility index (Phi) is 7.08. The van der Waals surface area contributed by atoms with Gasteiger partial charge in [-0.15, -0.1) is 0 Å². The number of benzene rings is 1. The minimum atomic E-state index is 0.119. The van der Waals surface area contributed by atoms with E-state index in [4.69, 9.17) is 0 Å². The second-order valence-electron chi connectivity index (χ2n) is 4.62. The largest absolute Gasteiger partial charge is 0.335 e. The first kappa shape index (κ1) is 16.7. The first-order valence-electron chi connectivity index (χ1n) is 6.68. The van der Waals surface area contributed by atoms with Gasteiger partial charge >= 0.3 is 0 Å². The van der Waals surface area contributed by atoms with E-state index in [1.807, 2.05) is 30.0 Å². The number of hydrogen-bond acceptors (Lipinski definition) is 1. The summed E-state index contributed by atoms with van der Waals surface area (Å²) < 4.78 is 0.988. The molecule has 0 unspecified atom stereocenters. The predicted molar refractivity (Wildman–Crippen MR) is 88.1 cm³/mol. The number of hydrogen-bond donors (Lipinski definition) is 0. The summed E-state index contributed by atoms with van der Waals surface area (Å²) in [5.41, 5.74) is 1.90. The van der Waals surface area contributed by atoms with Crippen LogP contribution in [0, 0.1) is 6.92 Å². The van der Waals surface area contributed by atoms with Gasteiger partial charge in [-0.25, -0.2) is 0 Å². The van der Waals surface area contributed by atoms with Crippen LogP contribution in [0.4, 0.5) is 0 Å². The highest BCUT2D eigenvalue weighted by atomic mass is 79.9. The number of alkyl halides is 1. The average Bonchev–Trinajstić information content (AvgIpc) is 2.41. The summed E-state index contributed by atoms with van der Waals surface area (Å²) >= 11 is 6.93. The van der Waals surface area contributed by atoms with Crippen molar-refractivity contribution >= 4 is 37.8 Å². The normalized spacial score (nSPS) is 10.8. The van der Waals surface area contributed by atoms with E-state index in [9.17, 15) is 4.79 Å². The van der Waals surface area contributed by atoms with Gasteiger partial charge in [-0.2, -0.15) is 0 Å². The minimum Gasteiger partial charge on any atom is -0.335 e. The van der Waals surface area contributed by atoms with Crippen LogP contribution in [0.5, 0.6) is 0 Å². The Morgan fingerprint density at radius 1 is 1.32 bits per heavy atom. The zero-order chi connectivity index (χ0) is 14.4. The molecule has 1 rings (SSSR count). The van der Waals surface area contributed by atoms with E-state index in [0.717, 1.165) is 40.3 Å². The molecule has 0 spiro atoms. The van der Waals surface area contributed by atoms with Crippen molar-refractivity contribution in [2.24, 2.45) is 0 Å². The Balaban J connectivity index is 3.01. The van der Waals surface area contributed by atoms with Crippen molar-refractivity contribution in [3.05, 3.63) is 33.8 Å². The minimum absolute atomic E-state index is 0.119. The molecular formula is C15H21Br2NO. The summed E-state index contributed by atoms with van der Waals surface area (Å²) in [6, 6.07) is 6.12. The van der Waals surface area contributed by atoms with E-state index in [2.05, 4.69) is 45.7 Å². The van der Waals surface area contributed by atoms with Crippen molar-refractivity contribution in [3.8, 4) is 0 Å². The second-order valence-corrected chi connectivity index (χ2v) is 6.27. The number of carbonyl (C=O) groups excluding carboxylic acids is 1. The van der Waals surface area contributed by atoms with Crippen LogP contribution in [0.3, 0.4) is 0 Å². The van der Waals surface area contributed by atoms with Crippen LogP contribution in [0.25, 0.3) is 0 Å². The molecule has 1 aromatic carbocycles. The lowest BCUT2D eigenvalue weighted by atomic mass is 10.1. The Morgan fingerprint density at radius 3 is 2.42 bits per heavy atom. The molecule has 0 aliphatic rings. The number of aryl methyl sites for hydroxylation is 1. The van der Waals surface area contributed by atoms with Gasteiger partial charge in [0.25, 0.3) is 5.91 Å². The molecule has 0 bridgehead atoms. The van der Waals surface area contributed by atoms with Crippen molar-refractivity contribution in [2.75, 3.05) is 11.9 Å². The molecule has 1 aromatic rings. The first-order chi connectivity index (χ1) is 9.04. The molecule has 0 radical (unpaired) electrons. The van der Waals surface area contributed by atoms with Gasteiger partial charge in [-0.1, -0.05) is 51.8 Å². The van der Waals surface area contributed by atoms with Crippen molar-refractivity contribution in [1.82, 2.24) is 4.90 Å². The molecular weight excluding hydrogens is 370 g/mol. The van der Waals surface area contributed by atoms with Crippen molar-refractivity contribution in [2.45, 2.75) is 39.7 Å². The maximum Gasteiger partial charge on any atom is 0.254 e. The summed E-state index contributed by atoms with van der Waals surface area (Å²) in [5.74, 6) is 0.119. The van der Waals surface area contributed by atoms with Crippen molar-refractivity contribution in [3.63, 3.8) is 0 Å². The molecule has 1 amide bonds. The third-order valence-electron chi connectivity index (χ3n) is 3.39. The van der Waals surface area contributed by atoms with Gasteiger partial charge < -0.3 is 4.90 Å². The highest BCUT2D eigenvalue weighted by Crippen LogP contribution is 2.20. The summed E-state index contributed by atoms with van der Waals surface area (Å²) in [7, 11) is 0. The third-order valence-corrected chi connectivity index (χ3v) is 4.60. The van der Waals surface area contributed by atoms with Crippen LogP contribution >= 0.6 is 31.9 Å². The van der Waals surface area contributed by atoms with E-state index < -0.39 is 0 Å². The van der Waals surface area contributed by atoms with Gasteiger partial charge in [-0.05, 0) is 37.5 Å². The number of halogens is 2. The molecule has 0 aromatic heterocycles. The Labute approximate surface area is 132 Å². The van der Waals surface area contributed by atoms with Crippen LogP contribution in [-0.2, 0) is 0 Å². The lowest BCUT2D eigenvalue weighted by molar-refractivity contribution is 0.0683. The fourth-order valence-electron chi connectivity index (χ4n) is 2.16. The van der Waals surface area contributed by atoms with E-state index in [-0.39, 0.29) is 5.91 Å². The lowest BCUT2D eigenvalue weighted by Crippen LogP contribution is -2.41. The summed E-state index contributed by atoms with van der Waals surface area (Å²) in [5, 5.41) is 0.808. The van der Waals surface area contributed by atoms with Gasteiger partial charge in [0, 0.05) is 28.0 Å². The first-order valence-corrected chi connectivity index (χ1v) is 8.59. The molecule has 19 heavy (non-hydrogen) atoms. The zero-order valence-electron chi connectivity index (χ0n) is 11.7. The Hall–Kier alpha value is -0.350. The Bertz CT molecular complexity index is 430. The third kappa shape index (κ3) is 4.32. The lowest BCUT2D eigenvalue weighted by Gasteiger charge is -2.30. The van der Waals surface area contributed by atoms with Crippen LogP contribution < -0.4 is 0 Å². The zero-order valence-corrected chi connectivity index (χ0v) is 14.9. The topological polar surface area (TPSA) is 20.3 Å². The van der Waals surface area contributed by atoms with Gasteiger partial charge in [0.1, 0.15) is 0 Å². The fourth-order valence-corrected chi connectivity index (χ4v) is 2.92. The standard InChI is InChI=1S/C15H21Br2NO/c1-4-13(5-2)18(9-8-16)15(19)12-7-6-11(3)14(17)10-12/h6-7,10,13H,4-5,8-9H2,1-3H3. The summed E-state index contributed by atoms with van der Waals surface area (Å²) in [4.78, 5) is 14.6. The Morgan fingerprint density at radius 2 is 1.95 bits per heavy atom. The van der Waals surface area contributed by atoms with Crippen molar-refractivity contribution in [1.29, 1.82) is 0 Å². The number of amides is 1. The van der Waals surface area contributed by atoms with Gasteiger partial charge in [0.05, 0.1) is 0 Å². The second kappa shape index (κ2) is 8.05. The molecule has 0 atom stereocenters. The van der Waals surface area contributed by atoms with E-state index in [1.54, 1.807) is 0 Å². The van der Waals surface area contributed by atoms with Crippen LogP contribution in [-0.4, -0.2) is 28.7 Å². The van der Waals surface area contributed by atoms with Crippen LogP contribution in [0.1, 0.15) is 42.6 Å². The summed E-state index contributed by atoms with van der Waals surface area (Å²) in [6.07, 6.45) is 1.98. The van der Waals surface area contributed by atoms with Crippen LogP contribution in [0.15, 0.2) is 22.7 Å². The fraction of sp³-hybridized carbons (Fsp3) is 0.533. The van der Waals surface area contributed by atoms with E-state index >= 15 is 0 Å². The van der Waals surface area contributed by atoms with Gasteiger partial charge in [0.2, 0.25) is 0 Å². The van der Waals surface area contributed by atoms with E-state index in [0.29, 0.717) is 6.04 Å².